The maximum Gasteiger partial charge on any atom is 0.267 e. The van der Waals surface area contributed by atoms with Crippen LogP contribution < -0.4 is 16.4 Å². The summed E-state index contributed by atoms with van der Waals surface area (Å²) in [6.07, 6.45) is 1.00. The molecule has 0 fully saturated rings. The highest BCUT2D eigenvalue weighted by Gasteiger charge is 2.14. The van der Waals surface area contributed by atoms with Crippen molar-refractivity contribution >= 4 is 46.4 Å². The fourth-order valence-corrected chi connectivity index (χ4v) is 2.21. The summed E-state index contributed by atoms with van der Waals surface area (Å²) in [5.41, 5.74) is 6.14. The molecule has 0 saturated heterocycles. The summed E-state index contributed by atoms with van der Waals surface area (Å²) in [5.74, 6) is -1.28. The van der Waals surface area contributed by atoms with Gasteiger partial charge in [-0.1, -0.05) is 41.4 Å². The Morgan fingerprint density at radius 1 is 1.12 bits per heavy atom. The second-order valence-corrected chi connectivity index (χ2v) is 5.57. The summed E-state index contributed by atoms with van der Waals surface area (Å²) >= 11 is 11.8. The molecule has 0 radical (unpaired) electrons. The van der Waals surface area contributed by atoms with E-state index in [4.69, 9.17) is 34.2 Å². The molecule has 0 aromatic heterocycles. The number of rotatable bonds is 4. The zero-order valence-electron chi connectivity index (χ0n) is 12.7. The summed E-state index contributed by atoms with van der Waals surface area (Å²) in [7, 11) is 0. The van der Waals surface area contributed by atoms with Crippen LogP contribution in [0.3, 0.4) is 0 Å². The Morgan fingerprint density at radius 3 is 2.52 bits per heavy atom. The van der Waals surface area contributed by atoms with Gasteiger partial charge >= 0.3 is 0 Å². The van der Waals surface area contributed by atoms with Crippen LogP contribution in [0.1, 0.15) is 10.4 Å². The molecule has 6 nitrogen and oxygen atoms in total. The summed E-state index contributed by atoms with van der Waals surface area (Å²) in [5, 5.41) is 14.3. The van der Waals surface area contributed by atoms with Crippen LogP contribution in [-0.2, 0) is 4.79 Å². The molecule has 0 heterocycles. The van der Waals surface area contributed by atoms with Gasteiger partial charge in [0.1, 0.15) is 11.6 Å². The van der Waals surface area contributed by atoms with Gasteiger partial charge in [0.15, 0.2) is 0 Å². The molecule has 126 valence electrons. The van der Waals surface area contributed by atoms with Gasteiger partial charge in [-0.05, 0) is 24.3 Å². The monoisotopic (exact) mass is 374 g/mol. The van der Waals surface area contributed by atoms with Gasteiger partial charge in [-0.15, -0.1) is 0 Å². The lowest BCUT2D eigenvalue weighted by atomic mass is 10.1. The van der Waals surface area contributed by atoms with Crippen molar-refractivity contribution < 1.29 is 9.59 Å². The Bertz CT molecular complexity index is 904. The van der Waals surface area contributed by atoms with E-state index < -0.39 is 11.8 Å². The zero-order valence-corrected chi connectivity index (χ0v) is 14.2. The van der Waals surface area contributed by atoms with Crippen LogP contribution in [0, 0.1) is 11.3 Å². The number of nitrogens with two attached hydrogens (primary N) is 1. The van der Waals surface area contributed by atoms with Crippen molar-refractivity contribution in [1.29, 1.82) is 5.26 Å². The summed E-state index contributed by atoms with van der Waals surface area (Å²) in [6.45, 7) is 0. The number of carbonyl (C=O) groups is 2. The minimum absolute atomic E-state index is 0.149. The number of hydrogen-bond acceptors (Lipinski definition) is 4. The van der Waals surface area contributed by atoms with E-state index in [1.54, 1.807) is 36.4 Å². The van der Waals surface area contributed by atoms with Crippen molar-refractivity contribution in [2.24, 2.45) is 0 Å². The number of nitriles is 1. The average molecular weight is 375 g/mol. The van der Waals surface area contributed by atoms with Crippen molar-refractivity contribution in [2.75, 3.05) is 11.1 Å². The number of carbonyl (C=O) groups excluding carboxylic acids is 2. The number of nitrogen functional groups attached to an aromatic ring is 1. The fourth-order valence-electron chi connectivity index (χ4n) is 1.86. The van der Waals surface area contributed by atoms with Gasteiger partial charge in [-0.3, -0.25) is 9.59 Å². The first kappa shape index (κ1) is 18.3. The number of amides is 2. The highest BCUT2D eigenvalue weighted by atomic mass is 35.5. The quantitative estimate of drug-likeness (QED) is 0.433. The molecule has 2 aromatic carbocycles. The molecule has 2 rings (SSSR count). The lowest BCUT2D eigenvalue weighted by Gasteiger charge is -2.08. The number of halogens is 2. The first-order chi connectivity index (χ1) is 11.9. The topological polar surface area (TPSA) is 108 Å². The molecule has 8 heteroatoms. The SMILES string of the molecule is N#C/C(=C/NC(=O)c1ccccc1N)C(=O)Nc1cccc(Cl)c1Cl. The van der Waals surface area contributed by atoms with E-state index in [-0.39, 0.29) is 32.6 Å². The summed E-state index contributed by atoms with van der Waals surface area (Å²) < 4.78 is 0. The number of para-hydroxylation sites is 1. The third-order valence-electron chi connectivity index (χ3n) is 3.12. The van der Waals surface area contributed by atoms with Crippen LogP contribution in [0.5, 0.6) is 0 Å². The maximum absolute atomic E-state index is 12.1. The minimum Gasteiger partial charge on any atom is -0.398 e. The second-order valence-electron chi connectivity index (χ2n) is 4.79. The summed E-state index contributed by atoms with van der Waals surface area (Å²) in [4.78, 5) is 24.2. The lowest BCUT2D eigenvalue weighted by molar-refractivity contribution is -0.112. The molecule has 2 aromatic rings. The number of benzene rings is 2. The first-order valence-corrected chi connectivity index (χ1v) is 7.70. The molecule has 0 atom stereocenters. The van der Waals surface area contributed by atoms with Crippen LogP contribution in [-0.4, -0.2) is 11.8 Å². The smallest absolute Gasteiger partial charge is 0.267 e. The number of nitrogens with one attached hydrogen (secondary N) is 2. The number of hydrogen-bond donors (Lipinski definition) is 3. The number of anilines is 2. The minimum atomic E-state index is -0.743. The Morgan fingerprint density at radius 2 is 1.84 bits per heavy atom. The maximum atomic E-state index is 12.1. The van der Waals surface area contributed by atoms with Gasteiger partial charge < -0.3 is 16.4 Å². The molecule has 0 aliphatic carbocycles. The molecule has 0 bridgehead atoms. The van der Waals surface area contributed by atoms with Gasteiger partial charge in [0, 0.05) is 11.9 Å². The number of nitrogens with zero attached hydrogens (tertiary/aromatic N) is 1. The van der Waals surface area contributed by atoms with Gasteiger partial charge in [0.25, 0.3) is 11.8 Å². The molecule has 25 heavy (non-hydrogen) atoms. The molecule has 0 aliphatic heterocycles. The highest BCUT2D eigenvalue weighted by molar-refractivity contribution is 6.44. The van der Waals surface area contributed by atoms with Crippen molar-refractivity contribution in [2.45, 2.75) is 0 Å². The molecule has 0 aliphatic rings. The van der Waals surface area contributed by atoms with Gasteiger partial charge in [0.05, 0.1) is 21.3 Å². The largest absolute Gasteiger partial charge is 0.398 e. The molecule has 0 unspecified atom stereocenters. The van der Waals surface area contributed by atoms with Crippen LogP contribution in [0.25, 0.3) is 0 Å². The van der Waals surface area contributed by atoms with Crippen LogP contribution >= 0.6 is 23.2 Å². The predicted octanol–water partition coefficient (Wildman–Crippen LogP) is 3.35. The van der Waals surface area contributed by atoms with Gasteiger partial charge in [-0.2, -0.15) is 5.26 Å². The standard InChI is InChI=1S/C17H12Cl2N4O2/c18-12-5-3-7-14(15(12)19)23-16(24)10(8-20)9-22-17(25)11-4-1-2-6-13(11)21/h1-7,9H,21H2,(H,22,25)(H,23,24)/b10-9-. The van der Waals surface area contributed by atoms with Crippen LogP contribution in [0.15, 0.2) is 54.2 Å². The molecule has 0 saturated carbocycles. The third-order valence-corrected chi connectivity index (χ3v) is 3.94. The van der Waals surface area contributed by atoms with Crippen LogP contribution in [0.4, 0.5) is 11.4 Å². The molecule has 2 amide bonds. The average Bonchev–Trinajstić information content (AvgIpc) is 2.59. The van der Waals surface area contributed by atoms with Crippen molar-refractivity contribution in [3.8, 4) is 6.07 Å². The molecular weight excluding hydrogens is 363 g/mol. The predicted molar refractivity (Wildman–Crippen MR) is 97.1 cm³/mol. The van der Waals surface area contributed by atoms with Gasteiger partial charge in [-0.25, -0.2) is 0 Å². The van der Waals surface area contributed by atoms with E-state index in [9.17, 15) is 9.59 Å². The molecular formula is C17H12Cl2N4O2. The zero-order chi connectivity index (χ0) is 18.4. The van der Waals surface area contributed by atoms with E-state index in [1.807, 2.05) is 0 Å². The third kappa shape index (κ3) is 4.51. The van der Waals surface area contributed by atoms with Crippen molar-refractivity contribution in [1.82, 2.24) is 5.32 Å². The lowest BCUT2D eigenvalue weighted by Crippen LogP contribution is -2.22. The Hall–Kier alpha value is -3.01. The fraction of sp³-hybridized carbons (Fsp3) is 0. The second kappa shape index (κ2) is 8.20. The molecule has 4 N–H and O–H groups in total. The van der Waals surface area contributed by atoms with E-state index in [2.05, 4.69) is 10.6 Å². The van der Waals surface area contributed by atoms with E-state index in [0.717, 1.165) is 6.20 Å². The summed E-state index contributed by atoms with van der Waals surface area (Å²) in [6, 6.07) is 12.8. The van der Waals surface area contributed by atoms with Crippen molar-refractivity contribution in [3.05, 3.63) is 69.8 Å². The van der Waals surface area contributed by atoms with Gasteiger partial charge in [0.2, 0.25) is 0 Å². The van der Waals surface area contributed by atoms with Crippen molar-refractivity contribution in [3.63, 3.8) is 0 Å². The van der Waals surface area contributed by atoms with E-state index in [1.165, 1.54) is 12.1 Å². The van der Waals surface area contributed by atoms with E-state index >= 15 is 0 Å². The first-order valence-electron chi connectivity index (χ1n) is 6.95. The Balaban J connectivity index is 2.13. The van der Waals surface area contributed by atoms with Crippen LogP contribution in [0.2, 0.25) is 10.0 Å². The Kier molecular flexibility index (Phi) is 6.01. The Labute approximate surface area is 153 Å². The normalized spacial score (nSPS) is 10.7. The molecule has 0 spiro atoms. The van der Waals surface area contributed by atoms with E-state index in [0.29, 0.717) is 0 Å². The highest BCUT2D eigenvalue weighted by Crippen LogP contribution is 2.29.